The highest BCUT2D eigenvalue weighted by atomic mass is 16.6. The molecular weight excluding hydrogens is 857 g/mol. The number of carbonyl (C=O) groups excluding carboxylic acids is 5. The van der Waals surface area contributed by atoms with Crippen LogP contribution in [0.1, 0.15) is 124 Å². The smallest absolute Gasteiger partial charge is 0.343 e. The zero-order valence-corrected chi connectivity index (χ0v) is 39.9. The van der Waals surface area contributed by atoms with Crippen molar-refractivity contribution in [1.29, 1.82) is 0 Å². The Labute approximate surface area is 396 Å². The fourth-order valence-corrected chi connectivity index (χ4v) is 6.76. The third kappa shape index (κ3) is 22.0. The summed E-state index contributed by atoms with van der Waals surface area (Å²) in [6.45, 7) is 12.6. The first kappa shape index (κ1) is 54.9. The molecule has 362 valence electrons. The highest BCUT2D eigenvalue weighted by Crippen LogP contribution is 2.34. The number of hydrogen-bond donors (Lipinski definition) is 0. The van der Waals surface area contributed by atoms with E-state index in [-0.39, 0.29) is 23.7 Å². The molecule has 0 heterocycles. The first-order valence-electron chi connectivity index (χ1n) is 22.8. The molecule has 0 radical (unpaired) electrons. The van der Waals surface area contributed by atoms with Gasteiger partial charge < -0.3 is 37.9 Å². The van der Waals surface area contributed by atoms with Gasteiger partial charge in [0, 0.05) is 29.9 Å². The molecule has 0 N–H and O–H groups in total. The molecule has 3 aromatic rings. The maximum Gasteiger partial charge on any atom is 0.343 e. The van der Waals surface area contributed by atoms with E-state index in [1.807, 2.05) is 0 Å². The van der Waals surface area contributed by atoms with Gasteiger partial charge in [0.2, 0.25) is 0 Å². The second-order valence-corrected chi connectivity index (χ2v) is 16.1. The highest BCUT2D eigenvalue weighted by molar-refractivity contribution is 5.92. The molecule has 0 unspecified atom stereocenters. The summed E-state index contributed by atoms with van der Waals surface area (Å²) in [4.78, 5) is 57.6. The van der Waals surface area contributed by atoms with Crippen LogP contribution in [-0.2, 0) is 42.9 Å². The van der Waals surface area contributed by atoms with Gasteiger partial charge in [-0.1, -0.05) is 49.9 Å². The number of esters is 5. The van der Waals surface area contributed by atoms with E-state index in [1.54, 1.807) is 68.5 Å². The number of hydrogen-bond acceptors (Lipinski definition) is 13. The Morgan fingerprint density at radius 2 is 1.09 bits per heavy atom. The molecule has 0 aromatic heterocycles. The van der Waals surface area contributed by atoms with E-state index in [0.717, 1.165) is 89.2 Å². The van der Waals surface area contributed by atoms with E-state index in [0.29, 0.717) is 65.6 Å². The lowest BCUT2D eigenvalue weighted by Crippen LogP contribution is -2.21. The molecule has 1 aliphatic carbocycles. The molecule has 13 heteroatoms. The average Bonchev–Trinajstić information content (AvgIpc) is 3.34. The predicted molar refractivity (Wildman–Crippen MR) is 258 cm³/mol. The fraction of sp³-hybridized carbons (Fsp3) is 0.426. The van der Waals surface area contributed by atoms with Crippen molar-refractivity contribution < 1.29 is 61.9 Å². The standard InChI is InChI=1S/C28H32O8.C26H36O5/c1-20(2)27(30)35-18-8-6-5-7-17-34-23-13-11-22(12-14-23)28(31)36-24-15-9-21(19-25(24)32-3)10-16-26(29)33-4;1-20(2)26(28)31-19-7-5-4-6-18-30-24-15-13-23(14-16-24)22-11-8-21(9-12-22)10-17-25(27)29-3/h9-16,19H,1,5-8,17-18H2,2-4H3;8-12,17,23-24H,1,4-7,13-16,18-19H2,2-3H3/b16-10+;17-10+. The molecular formula is C54H68O13. The van der Waals surface area contributed by atoms with E-state index in [1.165, 1.54) is 39.0 Å². The van der Waals surface area contributed by atoms with Gasteiger partial charge in [0.15, 0.2) is 11.5 Å². The van der Waals surface area contributed by atoms with Crippen molar-refractivity contribution in [2.24, 2.45) is 0 Å². The maximum atomic E-state index is 12.6. The van der Waals surface area contributed by atoms with Gasteiger partial charge in [0.1, 0.15) is 5.75 Å². The SMILES string of the molecule is C=C(C)C(=O)OCCCCCCOC1CCC(c2ccc(/C=C/C(=O)OC)cc2)CC1.C=C(C)C(=O)OCCCCCCOc1ccc(C(=O)Oc2ccc(/C=C/C(=O)OC)cc2OC)cc1. The largest absolute Gasteiger partial charge is 0.494 e. The van der Waals surface area contributed by atoms with E-state index in [4.69, 9.17) is 28.4 Å². The van der Waals surface area contributed by atoms with E-state index in [2.05, 4.69) is 46.9 Å². The van der Waals surface area contributed by atoms with Gasteiger partial charge in [-0.2, -0.15) is 0 Å². The molecule has 0 spiro atoms. The first-order valence-corrected chi connectivity index (χ1v) is 22.8. The van der Waals surface area contributed by atoms with Crippen LogP contribution in [0.2, 0.25) is 0 Å². The van der Waals surface area contributed by atoms with Crippen molar-refractivity contribution in [3.05, 3.63) is 125 Å². The number of benzene rings is 3. The van der Waals surface area contributed by atoms with Gasteiger partial charge in [-0.15, -0.1) is 0 Å². The van der Waals surface area contributed by atoms with Crippen LogP contribution in [0.15, 0.2) is 103 Å². The molecule has 0 aliphatic heterocycles. The fourth-order valence-electron chi connectivity index (χ4n) is 6.76. The normalized spacial score (nSPS) is 14.3. The second-order valence-electron chi connectivity index (χ2n) is 16.1. The van der Waals surface area contributed by atoms with Crippen molar-refractivity contribution in [2.45, 2.75) is 103 Å². The maximum absolute atomic E-state index is 12.6. The molecule has 0 amide bonds. The topological polar surface area (TPSA) is 159 Å². The number of carbonyl (C=O) groups is 5. The lowest BCUT2D eigenvalue weighted by molar-refractivity contribution is -0.139. The first-order chi connectivity index (χ1) is 32.3. The summed E-state index contributed by atoms with van der Waals surface area (Å²) >= 11 is 0. The van der Waals surface area contributed by atoms with Gasteiger partial charge in [-0.25, -0.2) is 24.0 Å². The Morgan fingerprint density at radius 1 is 0.582 bits per heavy atom. The van der Waals surface area contributed by atoms with Crippen LogP contribution < -0.4 is 14.2 Å². The molecule has 3 aromatic carbocycles. The second kappa shape index (κ2) is 31.4. The summed E-state index contributed by atoms with van der Waals surface area (Å²) in [7, 11) is 4.14. The molecule has 1 fully saturated rings. The molecule has 0 bridgehead atoms. The monoisotopic (exact) mass is 924 g/mol. The van der Waals surface area contributed by atoms with Crippen molar-refractivity contribution in [3.8, 4) is 17.2 Å². The van der Waals surface area contributed by atoms with Crippen LogP contribution in [0, 0.1) is 0 Å². The molecule has 13 nitrogen and oxygen atoms in total. The molecule has 1 aliphatic rings. The lowest BCUT2D eigenvalue weighted by atomic mass is 9.82. The highest BCUT2D eigenvalue weighted by Gasteiger charge is 2.23. The summed E-state index contributed by atoms with van der Waals surface area (Å²) in [5.74, 6) is -0.163. The zero-order chi connectivity index (χ0) is 48.8. The molecule has 4 rings (SSSR count). The van der Waals surface area contributed by atoms with Gasteiger partial charge in [-0.3, -0.25) is 0 Å². The molecule has 67 heavy (non-hydrogen) atoms. The molecule has 0 saturated heterocycles. The summed E-state index contributed by atoms with van der Waals surface area (Å²) in [6, 6.07) is 20.1. The van der Waals surface area contributed by atoms with E-state index >= 15 is 0 Å². The summed E-state index contributed by atoms with van der Waals surface area (Å²) < 4.78 is 41.9. The van der Waals surface area contributed by atoms with Crippen molar-refractivity contribution in [1.82, 2.24) is 0 Å². The summed E-state index contributed by atoms with van der Waals surface area (Å²) in [6.07, 6.45) is 18.6. The van der Waals surface area contributed by atoms with Crippen LogP contribution in [-0.4, -0.2) is 83.7 Å². The summed E-state index contributed by atoms with van der Waals surface area (Å²) in [5, 5.41) is 0. The van der Waals surface area contributed by atoms with Crippen molar-refractivity contribution in [2.75, 3.05) is 47.8 Å². The quantitative estimate of drug-likeness (QED) is 0.0246. The Hall–Kier alpha value is -6.47. The van der Waals surface area contributed by atoms with Crippen molar-refractivity contribution in [3.63, 3.8) is 0 Å². The number of unbranched alkanes of at least 4 members (excludes halogenated alkanes) is 6. The Morgan fingerprint density at radius 3 is 1.61 bits per heavy atom. The number of methoxy groups -OCH3 is 3. The van der Waals surface area contributed by atoms with Gasteiger partial charge in [0.25, 0.3) is 0 Å². The summed E-state index contributed by atoms with van der Waals surface area (Å²) in [5.41, 5.74) is 4.27. The van der Waals surface area contributed by atoms with Gasteiger partial charge >= 0.3 is 29.8 Å². The molecule has 1 saturated carbocycles. The number of rotatable bonds is 26. The third-order valence-electron chi connectivity index (χ3n) is 10.7. The predicted octanol–water partition coefficient (Wildman–Crippen LogP) is 10.8. The van der Waals surface area contributed by atoms with E-state index in [9.17, 15) is 24.0 Å². The van der Waals surface area contributed by atoms with Crippen LogP contribution in [0.4, 0.5) is 0 Å². The Balaban J connectivity index is 0.000000359. The average molecular weight is 925 g/mol. The van der Waals surface area contributed by atoms with Crippen LogP contribution in [0.5, 0.6) is 17.2 Å². The van der Waals surface area contributed by atoms with Crippen LogP contribution >= 0.6 is 0 Å². The van der Waals surface area contributed by atoms with Crippen molar-refractivity contribution >= 4 is 42.0 Å². The van der Waals surface area contributed by atoms with Crippen LogP contribution in [0.3, 0.4) is 0 Å². The minimum atomic E-state index is -0.537. The lowest BCUT2D eigenvalue weighted by Gasteiger charge is -2.29. The number of ether oxygens (including phenoxy) is 8. The Kier molecular flexibility index (Phi) is 25.7. The zero-order valence-electron chi connectivity index (χ0n) is 39.9. The Bertz CT molecular complexity index is 2090. The molecule has 0 atom stereocenters. The van der Waals surface area contributed by atoms with Gasteiger partial charge in [-0.05, 0) is 156 Å². The third-order valence-corrected chi connectivity index (χ3v) is 10.7. The van der Waals surface area contributed by atoms with Gasteiger partial charge in [0.05, 0.1) is 52.8 Å². The van der Waals surface area contributed by atoms with E-state index < -0.39 is 11.9 Å². The minimum absolute atomic E-state index is 0.257. The minimum Gasteiger partial charge on any atom is -0.494 e. The van der Waals surface area contributed by atoms with Crippen LogP contribution in [0.25, 0.3) is 12.2 Å².